The van der Waals surface area contributed by atoms with Crippen molar-refractivity contribution in [3.8, 4) is 0 Å². The topological polar surface area (TPSA) is 40.6 Å². The van der Waals surface area contributed by atoms with Gasteiger partial charge < -0.3 is 9.80 Å². The number of thiophene rings is 1. The van der Waals surface area contributed by atoms with E-state index in [1.165, 1.54) is 16.2 Å². The third-order valence-electron chi connectivity index (χ3n) is 2.91. The summed E-state index contributed by atoms with van der Waals surface area (Å²) in [6.07, 6.45) is 2.16. The van der Waals surface area contributed by atoms with Crippen LogP contribution in [0.5, 0.6) is 0 Å². The van der Waals surface area contributed by atoms with Gasteiger partial charge in [0.05, 0.1) is 11.4 Å². The molecule has 1 fully saturated rings. The summed E-state index contributed by atoms with van der Waals surface area (Å²) in [4.78, 5) is 27.8. The maximum Gasteiger partial charge on any atom is 0.264 e. The molecule has 1 saturated heterocycles. The summed E-state index contributed by atoms with van der Waals surface area (Å²) in [5.74, 6) is -0.0255. The normalized spacial score (nSPS) is 15.0. The zero-order valence-corrected chi connectivity index (χ0v) is 10.7. The average molecular weight is 252 g/mol. The predicted molar refractivity (Wildman–Crippen MR) is 67.1 cm³/mol. The second-order valence-corrected chi connectivity index (χ2v) is 5.17. The first kappa shape index (κ1) is 12.1. The molecule has 0 aromatic carbocycles. The monoisotopic (exact) mass is 252 g/mol. The van der Waals surface area contributed by atoms with Crippen molar-refractivity contribution < 1.29 is 9.59 Å². The van der Waals surface area contributed by atoms with E-state index in [1.807, 2.05) is 16.3 Å². The third-order valence-corrected chi connectivity index (χ3v) is 3.77. The molecule has 2 rings (SSSR count). The van der Waals surface area contributed by atoms with Gasteiger partial charge in [0.15, 0.2) is 0 Å². The van der Waals surface area contributed by atoms with Crippen LogP contribution in [-0.4, -0.2) is 48.3 Å². The maximum atomic E-state index is 11.9. The van der Waals surface area contributed by atoms with E-state index in [9.17, 15) is 9.59 Å². The van der Waals surface area contributed by atoms with Crippen molar-refractivity contribution in [3.05, 3.63) is 22.4 Å². The lowest BCUT2D eigenvalue weighted by Crippen LogP contribution is -2.39. The number of nitrogens with zero attached hydrogens (tertiary/aromatic N) is 2. The van der Waals surface area contributed by atoms with Gasteiger partial charge in [0.1, 0.15) is 0 Å². The van der Waals surface area contributed by atoms with Crippen LogP contribution in [-0.2, 0) is 4.79 Å². The van der Waals surface area contributed by atoms with Gasteiger partial charge in [0.2, 0.25) is 5.91 Å². The Labute approximate surface area is 105 Å². The van der Waals surface area contributed by atoms with E-state index in [-0.39, 0.29) is 18.4 Å². The van der Waals surface area contributed by atoms with Gasteiger partial charge in [0.25, 0.3) is 5.91 Å². The van der Waals surface area contributed by atoms with E-state index in [2.05, 4.69) is 0 Å². The van der Waals surface area contributed by atoms with Gasteiger partial charge in [-0.05, 0) is 24.3 Å². The number of hydrogen-bond donors (Lipinski definition) is 0. The second-order valence-electron chi connectivity index (χ2n) is 4.23. The van der Waals surface area contributed by atoms with Crippen LogP contribution in [0.15, 0.2) is 17.5 Å². The van der Waals surface area contributed by atoms with Crippen molar-refractivity contribution in [2.24, 2.45) is 0 Å². The standard InChI is InChI=1S/C12H16N2O2S/c1-13(12(16)10-5-4-8-17-10)9-11(15)14-6-2-3-7-14/h4-5,8H,2-3,6-7,9H2,1H3. The maximum absolute atomic E-state index is 11.9. The molecular weight excluding hydrogens is 236 g/mol. The highest BCUT2D eigenvalue weighted by Gasteiger charge is 2.21. The largest absolute Gasteiger partial charge is 0.341 e. The number of hydrogen-bond acceptors (Lipinski definition) is 3. The Morgan fingerprint density at radius 1 is 1.41 bits per heavy atom. The first-order valence-corrected chi connectivity index (χ1v) is 6.63. The van der Waals surface area contributed by atoms with Gasteiger partial charge in [-0.2, -0.15) is 0 Å². The van der Waals surface area contributed by atoms with Crippen LogP contribution in [0.3, 0.4) is 0 Å². The van der Waals surface area contributed by atoms with Gasteiger partial charge in [-0.25, -0.2) is 0 Å². The minimum Gasteiger partial charge on any atom is -0.341 e. The quantitative estimate of drug-likeness (QED) is 0.817. The number of likely N-dealkylation sites (tertiary alicyclic amines) is 1. The highest BCUT2D eigenvalue weighted by molar-refractivity contribution is 7.12. The van der Waals surface area contributed by atoms with Gasteiger partial charge in [-0.1, -0.05) is 6.07 Å². The molecule has 0 bridgehead atoms. The van der Waals surface area contributed by atoms with E-state index in [0.29, 0.717) is 4.88 Å². The smallest absolute Gasteiger partial charge is 0.264 e. The van der Waals surface area contributed by atoms with Crippen LogP contribution < -0.4 is 0 Å². The summed E-state index contributed by atoms with van der Waals surface area (Å²) in [5.41, 5.74) is 0. The molecule has 0 aliphatic carbocycles. The van der Waals surface area contributed by atoms with Crippen LogP contribution in [0, 0.1) is 0 Å². The molecule has 92 valence electrons. The first-order valence-electron chi connectivity index (χ1n) is 5.75. The zero-order valence-electron chi connectivity index (χ0n) is 9.89. The molecule has 1 aromatic heterocycles. The lowest BCUT2D eigenvalue weighted by Gasteiger charge is -2.20. The number of carbonyl (C=O) groups is 2. The molecule has 0 radical (unpaired) electrons. The Hall–Kier alpha value is -1.36. The summed E-state index contributed by atoms with van der Waals surface area (Å²) >= 11 is 1.40. The van der Waals surface area contributed by atoms with Crippen LogP contribution >= 0.6 is 11.3 Å². The fourth-order valence-corrected chi connectivity index (χ4v) is 2.65. The Morgan fingerprint density at radius 3 is 2.71 bits per heavy atom. The molecule has 1 aliphatic heterocycles. The molecule has 2 heterocycles. The summed E-state index contributed by atoms with van der Waals surface area (Å²) < 4.78 is 0. The minimum atomic E-state index is -0.0763. The van der Waals surface area contributed by atoms with Crippen molar-refractivity contribution in [1.82, 2.24) is 9.80 Å². The van der Waals surface area contributed by atoms with Crippen molar-refractivity contribution in [1.29, 1.82) is 0 Å². The van der Waals surface area contributed by atoms with Crippen LogP contribution in [0.25, 0.3) is 0 Å². The molecule has 0 atom stereocenters. The summed E-state index contributed by atoms with van der Waals surface area (Å²) in [6.45, 7) is 1.84. The molecule has 4 nitrogen and oxygen atoms in total. The lowest BCUT2D eigenvalue weighted by molar-refractivity contribution is -0.130. The number of rotatable bonds is 3. The van der Waals surface area contributed by atoms with Crippen LogP contribution in [0.4, 0.5) is 0 Å². The van der Waals surface area contributed by atoms with Gasteiger partial charge in [-0.15, -0.1) is 11.3 Å². The molecule has 1 aromatic rings. The Bertz CT molecular complexity index is 397. The number of likely N-dealkylation sites (N-methyl/N-ethyl adjacent to an activating group) is 1. The van der Waals surface area contributed by atoms with E-state index in [4.69, 9.17) is 0 Å². The van der Waals surface area contributed by atoms with Crippen LogP contribution in [0.1, 0.15) is 22.5 Å². The van der Waals surface area contributed by atoms with Crippen molar-refractivity contribution in [2.45, 2.75) is 12.8 Å². The Morgan fingerprint density at radius 2 is 2.12 bits per heavy atom. The predicted octanol–water partition coefficient (Wildman–Crippen LogP) is 1.44. The zero-order chi connectivity index (χ0) is 12.3. The fraction of sp³-hybridized carbons (Fsp3) is 0.500. The molecule has 0 saturated carbocycles. The molecular formula is C12H16N2O2S. The SMILES string of the molecule is CN(CC(=O)N1CCCC1)C(=O)c1cccs1. The summed E-state index contributed by atoms with van der Waals surface area (Å²) in [6, 6.07) is 3.62. The second kappa shape index (κ2) is 5.31. The van der Waals surface area contributed by atoms with Gasteiger partial charge >= 0.3 is 0 Å². The van der Waals surface area contributed by atoms with E-state index in [1.54, 1.807) is 13.1 Å². The highest BCUT2D eigenvalue weighted by atomic mass is 32.1. The van der Waals surface area contributed by atoms with Gasteiger partial charge in [0, 0.05) is 20.1 Å². The van der Waals surface area contributed by atoms with E-state index < -0.39 is 0 Å². The molecule has 0 N–H and O–H groups in total. The fourth-order valence-electron chi connectivity index (χ4n) is 1.93. The van der Waals surface area contributed by atoms with E-state index >= 15 is 0 Å². The lowest BCUT2D eigenvalue weighted by atomic mass is 10.4. The molecule has 0 unspecified atom stereocenters. The summed E-state index contributed by atoms with van der Waals surface area (Å²) in [7, 11) is 1.68. The van der Waals surface area contributed by atoms with E-state index in [0.717, 1.165) is 25.9 Å². The molecule has 2 amide bonds. The minimum absolute atomic E-state index is 0.0508. The van der Waals surface area contributed by atoms with Crippen molar-refractivity contribution >= 4 is 23.2 Å². The molecule has 5 heteroatoms. The molecule has 17 heavy (non-hydrogen) atoms. The number of carbonyl (C=O) groups excluding carboxylic acids is 2. The first-order chi connectivity index (χ1) is 8.18. The van der Waals surface area contributed by atoms with Crippen molar-refractivity contribution in [3.63, 3.8) is 0 Å². The van der Waals surface area contributed by atoms with Gasteiger partial charge in [-0.3, -0.25) is 9.59 Å². The summed E-state index contributed by atoms with van der Waals surface area (Å²) in [5, 5.41) is 1.86. The average Bonchev–Trinajstić information content (AvgIpc) is 3.00. The Balaban J connectivity index is 1.90. The van der Waals surface area contributed by atoms with Crippen LogP contribution in [0.2, 0.25) is 0 Å². The molecule has 0 spiro atoms. The van der Waals surface area contributed by atoms with Crippen molar-refractivity contribution in [2.75, 3.05) is 26.7 Å². The number of amides is 2. The highest BCUT2D eigenvalue weighted by Crippen LogP contribution is 2.12. The third kappa shape index (κ3) is 2.85. The Kier molecular flexibility index (Phi) is 3.78. The molecule has 1 aliphatic rings.